The molecule has 0 aliphatic rings. The molecule has 0 atom stereocenters. The molecule has 0 aliphatic heterocycles. The van der Waals surface area contributed by atoms with Gasteiger partial charge in [0.15, 0.2) is 15.7 Å². The fraction of sp³-hybridized carbons (Fsp3) is 0.429. The Morgan fingerprint density at radius 2 is 2.00 bits per heavy atom. The van der Waals surface area contributed by atoms with Crippen LogP contribution in [0.15, 0.2) is 34.9 Å². The second kappa shape index (κ2) is 7.33. The van der Waals surface area contributed by atoms with E-state index in [1.165, 1.54) is 0 Å². The van der Waals surface area contributed by atoms with Crippen molar-refractivity contribution in [3.8, 4) is 0 Å². The van der Waals surface area contributed by atoms with E-state index in [0.29, 0.717) is 31.2 Å². The van der Waals surface area contributed by atoms with Crippen LogP contribution in [-0.2, 0) is 22.8 Å². The first-order chi connectivity index (χ1) is 10.1. The summed E-state index contributed by atoms with van der Waals surface area (Å²) < 4.78 is 27.8. The fourth-order valence-corrected chi connectivity index (χ4v) is 2.52. The highest BCUT2D eigenvalue weighted by molar-refractivity contribution is 7.91. The van der Waals surface area contributed by atoms with Crippen LogP contribution in [0.2, 0.25) is 0 Å². The lowest BCUT2D eigenvalue weighted by molar-refractivity contribution is 0.365. The molecule has 0 spiro atoms. The first-order valence-corrected chi connectivity index (χ1v) is 8.68. The van der Waals surface area contributed by atoms with Gasteiger partial charge in [-0.3, -0.25) is 0 Å². The third kappa shape index (κ3) is 5.28. The molecule has 2 aromatic rings. The van der Waals surface area contributed by atoms with Crippen molar-refractivity contribution in [3.63, 3.8) is 0 Å². The van der Waals surface area contributed by atoms with Crippen LogP contribution in [-0.4, -0.2) is 36.6 Å². The summed E-state index contributed by atoms with van der Waals surface area (Å²) >= 11 is 0. The molecule has 1 aromatic carbocycles. The van der Waals surface area contributed by atoms with Crippen LogP contribution in [0.1, 0.15) is 24.2 Å². The number of sulfone groups is 1. The summed E-state index contributed by atoms with van der Waals surface area (Å²) in [7, 11) is -2.94. The number of aromatic nitrogens is 2. The first-order valence-electron chi connectivity index (χ1n) is 6.85. The first kappa shape index (κ1) is 15.7. The summed E-state index contributed by atoms with van der Waals surface area (Å²) in [5.41, 5.74) is 1.12. The lowest BCUT2D eigenvalue weighted by Gasteiger charge is -2.01. The molecule has 0 saturated carbocycles. The van der Waals surface area contributed by atoms with Crippen molar-refractivity contribution in [1.29, 1.82) is 0 Å². The monoisotopic (exact) mass is 309 g/mol. The van der Waals surface area contributed by atoms with Crippen molar-refractivity contribution in [2.75, 3.05) is 18.1 Å². The number of hydrogen-bond acceptors (Lipinski definition) is 6. The molecule has 0 amide bonds. The zero-order valence-corrected chi connectivity index (χ0v) is 12.8. The average molecular weight is 309 g/mol. The van der Waals surface area contributed by atoms with Crippen LogP contribution in [0.25, 0.3) is 0 Å². The fourth-order valence-electron chi connectivity index (χ4n) is 1.78. The Labute approximate surface area is 124 Å². The van der Waals surface area contributed by atoms with Gasteiger partial charge in [-0.15, -0.1) is 0 Å². The molecule has 0 bridgehead atoms. The third-order valence-corrected chi connectivity index (χ3v) is 4.73. The van der Waals surface area contributed by atoms with Crippen LogP contribution in [0.5, 0.6) is 0 Å². The topological polar surface area (TPSA) is 85.1 Å². The Balaban J connectivity index is 1.78. The van der Waals surface area contributed by atoms with E-state index in [1.807, 2.05) is 30.3 Å². The third-order valence-electron chi connectivity index (χ3n) is 3.02. The summed E-state index contributed by atoms with van der Waals surface area (Å²) in [6, 6.07) is 9.89. The van der Waals surface area contributed by atoms with Gasteiger partial charge in [0, 0.05) is 18.7 Å². The van der Waals surface area contributed by atoms with Gasteiger partial charge in [0.2, 0.25) is 5.89 Å². The zero-order chi connectivity index (χ0) is 15.1. The van der Waals surface area contributed by atoms with Crippen molar-refractivity contribution < 1.29 is 12.9 Å². The van der Waals surface area contributed by atoms with Crippen LogP contribution < -0.4 is 5.32 Å². The predicted molar refractivity (Wildman–Crippen MR) is 79.6 cm³/mol. The van der Waals surface area contributed by atoms with Crippen molar-refractivity contribution in [2.24, 2.45) is 0 Å². The van der Waals surface area contributed by atoms with Gasteiger partial charge in [-0.2, -0.15) is 4.98 Å². The molecule has 0 aliphatic carbocycles. The normalized spacial score (nSPS) is 11.7. The second-order valence-corrected chi connectivity index (χ2v) is 7.15. The van der Waals surface area contributed by atoms with Crippen LogP contribution in [0.4, 0.5) is 0 Å². The van der Waals surface area contributed by atoms with Gasteiger partial charge in [0.25, 0.3) is 0 Å². The van der Waals surface area contributed by atoms with Crippen molar-refractivity contribution in [3.05, 3.63) is 47.6 Å². The Bertz CT molecular complexity index is 653. The highest BCUT2D eigenvalue weighted by Gasteiger charge is 2.09. The van der Waals surface area contributed by atoms with E-state index in [-0.39, 0.29) is 11.5 Å². The largest absolute Gasteiger partial charge is 0.338 e. The molecule has 1 aromatic heterocycles. The van der Waals surface area contributed by atoms with Gasteiger partial charge in [0.1, 0.15) is 0 Å². The maximum Gasteiger partial charge on any atom is 0.240 e. The van der Waals surface area contributed by atoms with Gasteiger partial charge in [-0.1, -0.05) is 42.4 Å². The minimum Gasteiger partial charge on any atom is -0.338 e. The summed E-state index contributed by atoms with van der Waals surface area (Å²) in [4.78, 5) is 4.27. The number of benzene rings is 1. The Morgan fingerprint density at radius 1 is 1.24 bits per heavy atom. The molecular weight excluding hydrogens is 290 g/mol. The number of nitrogens with one attached hydrogen (secondary N) is 1. The highest BCUT2D eigenvalue weighted by atomic mass is 32.2. The number of hydrogen-bond donors (Lipinski definition) is 1. The van der Waals surface area contributed by atoms with Gasteiger partial charge < -0.3 is 9.84 Å². The van der Waals surface area contributed by atoms with Crippen LogP contribution in [0.3, 0.4) is 0 Å². The van der Waals surface area contributed by atoms with E-state index in [9.17, 15) is 8.42 Å². The lowest BCUT2D eigenvalue weighted by Crippen LogP contribution is -2.23. The van der Waals surface area contributed by atoms with Gasteiger partial charge in [-0.25, -0.2) is 8.42 Å². The average Bonchev–Trinajstić information content (AvgIpc) is 2.92. The maximum atomic E-state index is 11.3. The lowest BCUT2D eigenvalue weighted by atomic mass is 10.1. The summed E-state index contributed by atoms with van der Waals surface area (Å²) in [5, 5.41) is 6.90. The summed E-state index contributed by atoms with van der Waals surface area (Å²) in [6.45, 7) is 2.40. The van der Waals surface area contributed by atoms with E-state index in [0.717, 1.165) is 5.56 Å². The van der Waals surface area contributed by atoms with Gasteiger partial charge in [-0.05, 0) is 5.56 Å². The Hall–Kier alpha value is -1.73. The molecule has 2 rings (SSSR count). The molecule has 7 heteroatoms. The van der Waals surface area contributed by atoms with Crippen LogP contribution in [0, 0.1) is 0 Å². The molecule has 0 radical (unpaired) electrons. The molecule has 1 N–H and O–H groups in total. The second-order valence-electron chi connectivity index (χ2n) is 4.68. The van der Waals surface area contributed by atoms with Crippen molar-refractivity contribution in [2.45, 2.75) is 19.9 Å². The SMILES string of the molecule is CCS(=O)(=O)CCNCc1nc(Cc2ccccc2)no1. The van der Waals surface area contributed by atoms with Crippen molar-refractivity contribution >= 4 is 9.84 Å². The quantitative estimate of drug-likeness (QED) is 0.737. The molecule has 21 heavy (non-hydrogen) atoms. The molecule has 0 fully saturated rings. The summed E-state index contributed by atoms with van der Waals surface area (Å²) in [6.07, 6.45) is 0.620. The van der Waals surface area contributed by atoms with Crippen LogP contribution >= 0.6 is 0 Å². The predicted octanol–water partition coefficient (Wildman–Crippen LogP) is 1.18. The summed E-state index contributed by atoms with van der Waals surface area (Å²) in [5.74, 6) is 1.37. The van der Waals surface area contributed by atoms with E-state index >= 15 is 0 Å². The van der Waals surface area contributed by atoms with E-state index in [1.54, 1.807) is 6.92 Å². The maximum absolute atomic E-state index is 11.3. The van der Waals surface area contributed by atoms with E-state index < -0.39 is 9.84 Å². The Kier molecular flexibility index (Phi) is 5.46. The minimum atomic E-state index is -2.94. The standard InChI is InChI=1S/C14H19N3O3S/c1-2-21(18,19)9-8-15-11-14-16-13(17-20-14)10-12-6-4-3-5-7-12/h3-7,15H,2,8-11H2,1H3. The molecular formula is C14H19N3O3S. The van der Waals surface area contributed by atoms with Crippen molar-refractivity contribution in [1.82, 2.24) is 15.5 Å². The molecule has 6 nitrogen and oxygen atoms in total. The molecule has 0 unspecified atom stereocenters. The zero-order valence-electron chi connectivity index (χ0n) is 11.9. The minimum absolute atomic E-state index is 0.120. The smallest absolute Gasteiger partial charge is 0.240 e. The molecule has 0 saturated heterocycles. The highest BCUT2D eigenvalue weighted by Crippen LogP contribution is 2.06. The van der Waals surface area contributed by atoms with E-state index in [4.69, 9.17) is 4.52 Å². The molecule has 1 heterocycles. The molecule has 114 valence electrons. The van der Waals surface area contributed by atoms with Gasteiger partial charge in [0.05, 0.1) is 12.3 Å². The Morgan fingerprint density at radius 3 is 2.71 bits per heavy atom. The van der Waals surface area contributed by atoms with E-state index in [2.05, 4.69) is 15.5 Å². The van der Waals surface area contributed by atoms with Gasteiger partial charge >= 0.3 is 0 Å². The number of rotatable bonds is 8. The number of nitrogens with zero attached hydrogens (tertiary/aromatic N) is 2.